The van der Waals surface area contributed by atoms with Crippen molar-refractivity contribution in [2.24, 2.45) is 0 Å². The van der Waals surface area contributed by atoms with Crippen LogP contribution in [0, 0.1) is 0 Å². The van der Waals surface area contributed by atoms with Crippen LogP contribution in [0.1, 0.15) is 19.4 Å². The lowest BCUT2D eigenvalue weighted by molar-refractivity contribution is 0.244. The van der Waals surface area contributed by atoms with E-state index in [0.29, 0.717) is 5.69 Å². The molecule has 3 N–H and O–H groups in total. The Balaban J connectivity index is 1.96. The highest BCUT2D eigenvalue weighted by Gasteiger charge is 2.07. The van der Waals surface area contributed by atoms with E-state index in [0.717, 1.165) is 24.4 Å². The third-order valence-corrected chi connectivity index (χ3v) is 3.47. The van der Waals surface area contributed by atoms with Crippen molar-refractivity contribution in [2.75, 3.05) is 17.6 Å². The molecule has 0 aliphatic heterocycles. The molecule has 4 heteroatoms. The van der Waals surface area contributed by atoms with E-state index in [1.54, 1.807) is 11.3 Å². The molecule has 102 valence electrons. The third-order valence-electron chi connectivity index (χ3n) is 2.74. The van der Waals surface area contributed by atoms with E-state index in [-0.39, 0.29) is 6.10 Å². The van der Waals surface area contributed by atoms with E-state index in [1.807, 2.05) is 32.0 Å². The molecule has 0 aliphatic rings. The SMILES string of the molecule is CC(C)Oc1cccc(NCCc2ccsc2)c1N. The maximum absolute atomic E-state index is 6.11. The van der Waals surface area contributed by atoms with Crippen LogP contribution in [-0.2, 0) is 6.42 Å². The third kappa shape index (κ3) is 3.89. The van der Waals surface area contributed by atoms with Gasteiger partial charge in [-0.1, -0.05) is 6.07 Å². The predicted molar refractivity (Wildman–Crippen MR) is 83.1 cm³/mol. The molecule has 1 aromatic carbocycles. The topological polar surface area (TPSA) is 47.3 Å². The summed E-state index contributed by atoms with van der Waals surface area (Å²) in [6.07, 6.45) is 1.13. The second kappa shape index (κ2) is 6.48. The minimum atomic E-state index is 0.128. The van der Waals surface area contributed by atoms with Gasteiger partial charge in [0.1, 0.15) is 5.75 Å². The summed E-state index contributed by atoms with van der Waals surface area (Å²) in [6, 6.07) is 7.99. The van der Waals surface area contributed by atoms with Crippen molar-refractivity contribution in [2.45, 2.75) is 26.4 Å². The van der Waals surface area contributed by atoms with Gasteiger partial charge in [-0.25, -0.2) is 0 Å². The lowest BCUT2D eigenvalue weighted by atomic mass is 10.2. The number of ether oxygens (including phenoxy) is 1. The van der Waals surface area contributed by atoms with Crippen molar-refractivity contribution in [3.63, 3.8) is 0 Å². The number of hydrogen-bond acceptors (Lipinski definition) is 4. The average Bonchev–Trinajstić information content (AvgIpc) is 2.86. The molecule has 2 rings (SSSR count). The van der Waals surface area contributed by atoms with Crippen LogP contribution in [0.2, 0.25) is 0 Å². The van der Waals surface area contributed by atoms with Crippen LogP contribution in [0.3, 0.4) is 0 Å². The molecule has 0 aliphatic carbocycles. The maximum atomic E-state index is 6.11. The first-order valence-electron chi connectivity index (χ1n) is 6.47. The quantitative estimate of drug-likeness (QED) is 0.789. The Hall–Kier alpha value is -1.68. The van der Waals surface area contributed by atoms with Gasteiger partial charge in [-0.15, -0.1) is 0 Å². The van der Waals surface area contributed by atoms with Crippen LogP contribution in [0.4, 0.5) is 11.4 Å². The highest BCUT2D eigenvalue weighted by molar-refractivity contribution is 7.07. The van der Waals surface area contributed by atoms with E-state index < -0.39 is 0 Å². The molecule has 1 aromatic heterocycles. The molecule has 0 fully saturated rings. The molecular formula is C15H20N2OS. The normalized spacial score (nSPS) is 10.7. The summed E-state index contributed by atoms with van der Waals surface area (Å²) in [5, 5.41) is 7.63. The van der Waals surface area contributed by atoms with Crippen molar-refractivity contribution in [3.05, 3.63) is 40.6 Å². The Kier molecular flexibility index (Phi) is 4.68. The van der Waals surface area contributed by atoms with E-state index in [4.69, 9.17) is 10.5 Å². The number of nitrogens with one attached hydrogen (secondary N) is 1. The molecule has 0 bridgehead atoms. The van der Waals surface area contributed by atoms with Gasteiger partial charge in [0.2, 0.25) is 0 Å². The van der Waals surface area contributed by atoms with Gasteiger partial charge >= 0.3 is 0 Å². The highest BCUT2D eigenvalue weighted by Crippen LogP contribution is 2.30. The van der Waals surface area contributed by atoms with Gasteiger partial charge in [-0.05, 0) is 54.8 Å². The number of nitrogens with two attached hydrogens (primary N) is 1. The number of hydrogen-bond donors (Lipinski definition) is 2. The van der Waals surface area contributed by atoms with Crippen molar-refractivity contribution >= 4 is 22.7 Å². The van der Waals surface area contributed by atoms with Crippen LogP contribution < -0.4 is 15.8 Å². The predicted octanol–water partition coefficient (Wildman–Crippen LogP) is 3.77. The summed E-state index contributed by atoms with van der Waals surface area (Å²) in [5.74, 6) is 0.746. The number of anilines is 2. The first kappa shape index (κ1) is 13.7. The Labute approximate surface area is 118 Å². The fourth-order valence-corrected chi connectivity index (χ4v) is 2.53. The van der Waals surface area contributed by atoms with Crippen molar-refractivity contribution in [1.29, 1.82) is 0 Å². The summed E-state index contributed by atoms with van der Waals surface area (Å²) in [4.78, 5) is 0. The summed E-state index contributed by atoms with van der Waals surface area (Å²) in [7, 11) is 0. The van der Waals surface area contributed by atoms with E-state index in [1.165, 1.54) is 5.56 Å². The van der Waals surface area contributed by atoms with Crippen molar-refractivity contribution in [3.8, 4) is 5.75 Å². The Bertz CT molecular complexity index is 509. The summed E-state index contributed by atoms with van der Waals surface area (Å²) >= 11 is 1.73. The minimum Gasteiger partial charge on any atom is -0.489 e. The van der Waals surface area contributed by atoms with Crippen LogP contribution in [0.25, 0.3) is 0 Å². The lowest BCUT2D eigenvalue weighted by Gasteiger charge is -2.15. The average molecular weight is 276 g/mol. The van der Waals surface area contributed by atoms with Crippen LogP contribution >= 0.6 is 11.3 Å². The standard InChI is InChI=1S/C15H20N2OS/c1-11(2)18-14-5-3-4-13(15(14)16)17-8-6-12-7-9-19-10-12/h3-5,7,9-11,17H,6,8,16H2,1-2H3. The van der Waals surface area contributed by atoms with Gasteiger partial charge in [0.25, 0.3) is 0 Å². The van der Waals surface area contributed by atoms with E-state index in [9.17, 15) is 0 Å². The van der Waals surface area contributed by atoms with E-state index >= 15 is 0 Å². The zero-order valence-corrected chi connectivity index (χ0v) is 12.2. The zero-order chi connectivity index (χ0) is 13.7. The van der Waals surface area contributed by atoms with Gasteiger partial charge in [-0.3, -0.25) is 0 Å². The number of para-hydroxylation sites is 1. The highest BCUT2D eigenvalue weighted by atomic mass is 32.1. The molecule has 19 heavy (non-hydrogen) atoms. The van der Waals surface area contributed by atoms with Gasteiger partial charge in [-0.2, -0.15) is 11.3 Å². The molecule has 0 atom stereocenters. The fraction of sp³-hybridized carbons (Fsp3) is 0.333. The van der Waals surface area contributed by atoms with Gasteiger partial charge < -0.3 is 15.8 Å². The summed E-state index contributed by atoms with van der Waals surface area (Å²) < 4.78 is 5.67. The first-order chi connectivity index (χ1) is 9.16. The first-order valence-corrected chi connectivity index (χ1v) is 7.41. The van der Waals surface area contributed by atoms with Gasteiger partial charge in [0, 0.05) is 6.54 Å². The largest absolute Gasteiger partial charge is 0.489 e. The zero-order valence-electron chi connectivity index (χ0n) is 11.3. The monoisotopic (exact) mass is 276 g/mol. The Morgan fingerprint density at radius 2 is 2.16 bits per heavy atom. The lowest BCUT2D eigenvalue weighted by Crippen LogP contribution is -2.10. The molecule has 0 saturated heterocycles. The molecular weight excluding hydrogens is 256 g/mol. The number of thiophene rings is 1. The molecule has 0 saturated carbocycles. The molecule has 1 heterocycles. The van der Waals surface area contributed by atoms with Gasteiger partial charge in [0.05, 0.1) is 17.5 Å². The molecule has 0 amide bonds. The fourth-order valence-electron chi connectivity index (χ4n) is 1.83. The van der Waals surface area contributed by atoms with Gasteiger partial charge in [0.15, 0.2) is 0 Å². The number of nitrogen functional groups attached to an aromatic ring is 1. The number of rotatable bonds is 6. The van der Waals surface area contributed by atoms with Crippen molar-refractivity contribution < 1.29 is 4.74 Å². The Morgan fingerprint density at radius 1 is 1.32 bits per heavy atom. The summed E-state index contributed by atoms with van der Waals surface area (Å²) in [6.45, 7) is 4.86. The van der Waals surface area contributed by atoms with Crippen LogP contribution in [0.5, 0.6) is 5.75 Å². The maximum Gasteiger partial charge on any atom is 0.144 e. The van der Waals surface area contributed by atoms with E-state index in [2.05, 4.69) is 22.1 Å². The van der Waals surface area contributed by atoms with Crippen molar-refractivity contribution in [1.82, 2.24) is 0 Å². The minimum absolute atomic E-state index is 0.128. The molecule has 3 nitrogen and oxygen atoms in total. The Morgan fingerprint density at radius 3 is 2.84 bits per heavy atom. The second-order valence-corrected chi connectivity index (χ2v) is 5.47. The van der Waals surface area contributed by atoms with Crippen LogP contribution in [0.15, 0.2) is 35.0 Å². The molecule has 0 spiro atoms. The smallest absolute Gasteiger partial charge is 0.144 e. The summed E-state index contributed by atoms with van der Waals surface area (Å²) in [5.41, 5.74) is 9.08. The van der Waals surface area contributed by atoms with Crippen LogP contribution in [-0.4, -0.2) is 12.6 Å². The molecule has 2 aromatic rings. The number of benzene rings is 1. The second-order valence-electron chi connectivity index (χ2n) is 4.69. The molecule has 0 radical (unpaired) electrons. The molecule has 0 unspecified atom stereocenters.